The molecule has 0 aliphatic carbocycles. The molecule has 1 saturated heterocycles. The highest BCUT2D eigenvalue weighted by molar-refractivity contribution is 6.11. The van der Waals surface area contributed by atoms with Crippen molar-refractivity contribution in [3.8, 4) is 0 Å². The van der Waals surface area contributed by atoms with Gasteiger partial charge in [0.1, 0.15) is 26.2 Å². The first-order valence-electron chi connectivity index (χ1n) is 11.7. The lowest BCUT2D eigenvalue weighted by atomic mass is 9.93. The molecule has 1 fully saturated rings. The highest BCUT2D eigenvalue weighted by atomic mass is 16.6. The van der Waals surface area contributed by atoms with Crippen LogP contribution in [0.2, 0.25) is 0 Å². The monoisotopic (exact) mass is 411 g/mol. The van der Waals surface area contributed by atoms with E-state index in [0.29, 0.717) is 6.54 Å². The first kappa shape index (κ1) is 26.3. The number of aliphatic hydroxyl groups excluding tert-OH is 2. The van der Waals surface area contributed by atoms with Crippen LogP contribution in [0.15, 0.2) is 0 Å². The highest BCUT2D eigenvalue weighted by Gasteiger charge is 2.43. The SMILES string of the molecule is [B]C1OC(CO)C(O)C1OC(=O)NCCCCCCCCCCCCCCCC. The number of ether oxygens (including phenoxy) is 2. The lowest BCUT2D eigenvalue weighted by molar-refractivity contribution is -0.0108. The maximum absolute atomic E-state index is 11.8. The summed E-state index contributed by atoms with van der Waals surface area (Å²) >= 11 is 0. The normalized spacial score (nSPS) is 24.0. The second-order valence-electron chi connectivity index (χ2n) is 8.21. The van der Waals surface area contributed by atoms with Gasteiger partial charge in [-0.2, -0.15) is 0 Å². The van der Waals surface area contributed by atoms with Crippen LogP contribution >= 0.6 is 0 Å². The molecule has 0 saturated carbocycles. The highest BCUT2D eigenvalue weighted by Crippen LogP contribution is 2.22. The van der Waals surface area contributed by atoms with E-state index in [2.05, 4.69) is 12.2 Å². The van der Waals surface area contributed by atoms with Crippen molar-refractivity contribution in [2.45, 2.75) is 121 Å². The molecule has 168 valence electrons. The maximum atomic E-state index is 11.8. The molecular weight excluding hydrogens is 369 g/mol. The van der Waals surface area contributed by atoms with Gasteiger partial charge < -0.3 is 25.0 Å². The van der Waals surface area contributed by atoms with Crippen molar-refractivity contribution in [3.05, 3.63) is 0 Å². The maximum Gasteiger partial charge on any atom is 0.407 e. The number of carbonyl (C=O) groups excluding carboxylic acids is 1. The Balaban J connectivity index is 1.87. The van der Waals surface area contributed by atoms with Crippen LogP contribution < -0.4 is 5.32 Å². The molecule has 3 N–H and O–H groups in total. The Morgan fingerprint density at radius 1 is 0.931 bits per heavy atom. The van der Waals surface area contributed by atoms with Gasteiger partial charge in [-0.25, -0.2) is 4.79 Å². The standard InChI is InChI=1S/C22H42BNO5/c1-2-3-4-5-6-7-8-9-10-11-12-13-14-15-16-24-22(27)29-20-19(26)18(17-25)28-21(20)23/h18-21,25-26H,2-17H2,1H3,(H,24,27). The summed E-state index contributed by atoms with van der Waals surface area (Å²) in [6.45, 7) is 2.43. The third-order valence-electron chi connectivity index (χ3n) is 5.60. The summed E-state index contributed by atoms with van der Waals surface area (Å²) in [6, 6.07) is -0.922. The minimum atomic E-state index is -1.11. The Morgan fingerprint density at radius 2 is 1.41 bits per heavy atom. The molecule has 0 spiro atoms. The minimum Gasteiger partial charge on any atom is -0.441 e. The van der Waals surface area contributed by atoms with Gasteiger partial charge in [-0.05, 0) is 6.42 Å². The average molecular weight is 411 g/mol. The van der Waals surface area contributed by atoms with E-state index in [1.807, 2.05) is 0 Å². The van der Waals surface area contributed by atoms with Gasteiger partial charge in [0.2, 0.25) is 0 Å². The van der Waals surface area contributed by atoms with Crippen molar-refractivity contribution in [2.75, 3.05) is 13.2 Å². The lowest BCUT2D eigenvalue weighted by Crippen LogP contribution is -2.41. The molecule has 4 unspecified atom stereocenters. The van der Waals surface area contributed by atoms with Gasteiger partial charge in [0.15, 0.2) is 0 Å². The first-order chi connectivity index (χ1) is 14.1. The number of alkyl carbamates (subject to hydrolysis) is 1. The lowest BCUT2D eigenvalue weighted by Gasteiger charge is -2.19. The molecular formula is C22H42BNO5. The molecule has 6 nitrogen and oxygen atoms in total. The number of unbranched alkanes of at least 4 members (excludes halogenated alkanes) is 13. The van der Waals surface area contributed by atoms with Crippen LogP contribution in [-0.2, 0) is 9.47 Å². The molecule has 1 rings (SSSR count). The molecule has 4 atom stereocenters. The fraction of sp³-hybridized carbons (Fsp3) is 0.955. The molecule has 1 aliphatic heterocycles. The van der Waals surface area contributed by atoms with Gasteiger partial charge in [-0.3, -0.25) is 0 Å². The number of amides is 1. The van der Waals surface area contributed by atoms with Crippen molar-refractivity contribution >= 4 is 13.9 Å². The third-order valence-corrected chi connectivity index (χ3v) is 5.60. The van der Waals surface area contributed by atoms with Gasteiger partial charge in [0.25, 0.3) is 0 Å². The number of aliphatic hydroxyl groups is 2. The fourth-order valence-corrected chi connectivity index (χ4v) is 3.73. The van der Waals surface area contributed by atoms with Crippen LogP contribution in [0.4, 0.5) is 4.79 Å². The summed E-state index contributed by atoms with van der Waals surface area (Å²) in [5, 5.41) is 21.6. The molecule has 1 heterocycles. The predicted octanol–water partition coefficient (Wildman–Crippen LogP) is 3.81. The van der Waals surface area contributed by atoms with Gasteiger partial charge in [0.05, 0.1) is 12.6 Å². The van der Waals surface area contributed by atoms with Crippen molar-refractivity contribution in [1.82, 2.24) is 5.32 Å². The summed E-state index contributed by atoms with van der Waals surface area (Å²) in [6.07, 6.45) is 14.6. The Bertz CT molecular complexity index is 413. The Kier molecular flexibility index (Phi) is 15.3. The van der Waals surface area contributed by atoms with E-state index in [-0.39, 0.29) is 6.61 Å². The second kappa shape index (κ2) is 17.0. The van der Waals surface area contributed by atoms with E-state index in [0.717, 1.165) is 12.8 Å². The van der Waals surface area contributed by atoms with Gasteiger partial charge >= 0.3 is 6.09 Å². The Labute approximate surface area is 178 Å². The van der Waals surface area contributed by atoms with E-state index >= 15 is 0 Å². The number of hydrogen-bond donors (Lipinski definition) is 3. The fourth-order valence-electron chi connectivity index (χ4n) is 3.73. The molecule has 1 aliphatic rings. The number of rotatable bonds is 17. The minimum absolute atomic E-state index is 0.366. The molecule has 0 aromatic heterocycles. The van der Waals surface area contributed by atoms with Gasteiger partial charge in [0, 0.05) is 6.54 Å². The van der Waals surface area contributed by atoms with Gasteiger partial charge in [-0.15, -0.1) is 0 Å². The molecule has 7 heteroatoms. The van der Waals surface area contributed by atoms with Crippen LogP contribution in [0.1, 0.15) is 96.8 Å². The predicted molar refractivity (Wildman–Crippen MR) is 116 cm³/mol. The Morgan fingerprint density at radius 3 is 1.86 bits per heavy atom. The number of carbonyl (C=O) groups is 1. The van der Waals surface area contributed by atoms with E-state index in [9.17, 15) is 9.90 Å². The van der Waals surface area contributed by atoms with Gasteiger partial charge in [-0.1, -0.05) is 90.4 Å². The van der Waals surface area contributed by atoms with E-state index in [4.69, 9.17) is 22.4 Å². The van der Waals surface area contributed by atoms with E-state index < -0.39 is 30.4 Å². The molecule has 0 aromatic carbocycles. The topological polar surface area (TPSA) is 88.0 Å². The molecule has 1 amide bonds. The van der Waals surface area contributed by atoms with Crippen LogP contribution in [0.25, 0.3) is 0 Å². The van der Waals surface area contributed by atoms with Crippen LogP contribution in [-0.4, -0.2) is 61.6 Å². The molecule has 0 bridgehead atoms. The van der Waals surface area contributed by atoms with Crippen molar-refractivity contribution in [3.63, 3.8) is 0 Å². The average Bonchev–Trinajstić information content (AvgIpc) is 2.98. The summed E-state index contributed by atoms with van der Waals surface area (Å²) in [7, 11) is 5.67. The van der Waals surface area contributed by atoms with Crippen molar-refractivity contribution in [2.24, 2.45) is 0 Å². The van der Waals surface area contributed by atoms with Crippen LogP contribution in [0.5, 0.6) is 0 Å². The summed E-state index contributed by atoms with van der Waals surface area (Å²) in [4.78, 5) is 11.8. The summed E-state index contributed by atoms with van der Waals surface area (Å²) in [5.41, 5.74) is 0. The quantitative estimate of drug-likeness (QED) is 0.250. The molecule has 2 radical (unpaired) electrons. The number of hydrogen-bond acceptors (Lipinski definition) is 5. The second-order valence-corrected chi connectivity index (χ2v) is 8.21. The first-order valence-corrected chi connectivity index (χ1v) is 11.7. The largest absolute Gasteiger partial charge is 0.441 e. The summed E-state index contributed by atoms with van der Waals surface area (Å²) in [5.74, 6) is 0. The van der Waals surface area contributed by atoms with Crippen LogP contribution in [0.3, 0.4) is 0 Å². The summed E-state index contributed by atoms with van der Waals surface area (Å²) < 4.78 is 10.3. The zero-order valence-corrected chi connectivity index (χ0v) is 18.3. The van der Waals surface area contributed by atoms with Crippen LogP contribution in [0, 0.1) is 0 Å². The van der Waals surface area contributed by atoms with Crippen molar-refractivity contribution < 1.29 is 24.5 Å². The zero-order valence-electron chi connectivity index (χ0n) is 18.3. The van der Waals surface area contributed by atoms with Crippen molar-refractivity contribution in [1.29, 1.82) is 0 Å². The number of nitrogens with one attached hydrogen (secondary N) is 1. The molecule has 29 heavy (non-hydrogen) atoms. The third kappa shape index (κ3) is 11.8. The molecule has 0 aromatic rings. The van der Waals surface area contributed by atoms with E-state index in [1.165, 1.54) is 77.0 Å². The van der Waals surface area contributed by atoms with E-state index in [1.54, 1.807) is 0 Å². The Hall–Kier alpha value is -0.785. The zero-order chi connectivity index (χ0) is 21.3. The smallest absolute Gasteiger partial charge is 0.407 e.